The Morgan fingerprint density at radius 2 is 0.879 bits per heavy atom. The fourth-order valence-electron chi connectivity index (χ4n) is 9.20. The molecule has 0 atom stereocenters. The van der Waals surface area contributed by atoms with Crippen molar-refractivity contribution < 1.29 is 0 Å². The summed E-state index contributed by atoms with van der Waals surface area (Å²) in [4.78, 5) is 4.74. The number of aromatic nitrogens is 1. The number of rotatable bonds is 3. The Bertz CT molecular complexity index is 2860. The molecule has 0 radical (unpaired) electrons. The average Bonchev–Trinajstić information content (AvgIpc) is 3.56. The minimum absolute atomic E-state index is 0.0483. The highest BCUT2D eigenvalue weighted by Gasteiger charge is 2.44. The van der Waals surface area contributed by atoms with E-state index in [9.17, 15) is 10.5 Å². The molecule has 278 valence electrons. The van der Waals surface area contributed by atoms with E-state index in [1.165, 1.54) is 32.9 Å². The lowest BCUT2D eigenvalue weighted by atomic mass is 9.33. The fourth-order valence-corrected chi connectivity index (χ4v) is 9.20. The summed E-state index contributed by atoms with van der Waals surface area (Å²) in [6.45, 7) is 13.4. The maximum Gasteiger partial charge on any atom is 0.252 e. The molecule has 0 saturated carbocycles. The Kier molecular flexibility index (Phi) is 7.78. The smallest absolute Gasteiger partial charge is 0.252 e. The van der Waals surface area contributed by atoms with Crippen molar-refractivity contribution in [1.82, 2.24) is 4.57 Å². The predicted molar refractivity (Wildman–Crippen MR) is 242 cm³/mol. The molecule has 7 aromatic carbocycles. The van der Waals surface area contributed by atoms with Crippen LogP contribution >= 0.6 is 0 Å². The van der Waals surface area contributed by atoms with Gasteiger partial charge in [0.1, 0.15) is 0 Å². The van der Waals surface area contributed by atoms with Gasteiger partial charge in [-0.3, -0.25) is 0 Å². The van der Waals surface area contributed by atoms with Crippen LogP contribution in [0.2, 0.25) is 0 Å². The second kappa shape index (κ2) is 12.8. The second-order valence-electron chi connectivity index (χ2n) is 17.7. The molecule has 8 aromatic rings. The molecule has 0 unspecified atom stereocenters. The molecule has 1 aromatic heterocycles. The van der Waals surface area contributed by atoms with E-state index < -0.39 is 0 Å². The number of benzene rings is 7. The molecule has 0 bridgehead atoms. The van der Waals surface area contributed by atoms with Gasteiger partial charge in [0, 0.05) is 44.9 Å². The first-order chi connectivity index (χ1) is 27.9. The highest BCUT2D eigenvalue weighted by molar-refractivity contribution is 7.00. The first-order valence-electron chi connectivity index (χ1n) is 20.0. The molecule has 0 aliphatic carbocycles. The van der Waals surface area contributed by atoms with Crippen molar-refractivity contribution in [2.75, 3.05) is 9.80 Å². The zero-order valence-electron chi connectivity index (χ0n) is 33.7. The van der Waals surface area contributed by atoms with Crippen LogP contribution in [0.1, 0.15) is 63.8 Å². The molecule has 0 N–H and O–H groups in total. The minimum atomic E-state index is -0.233. The quantitative estimate of drug-likeness (QED) is 0.169. The lowest BCUT2D eigenvalue weighted by Crippen LogP contribution is -2.61. The summed E-state index contributed by atoms with van der Waals surface area (Å²) < 4.78 is 2.48. The van der Waals surface area contributed by atoms with Crippen LogP contribution < -0.4 is 26.2 Å². The molecule has 0 fully saturated rings. The van der Waals surface area contributed by atoms with Crippen LogP contribution in [0, 0.1) is 22.7 Å². The summed E-state index contributed by atoms with van der Waals surface area (Å²) in [6.07, 6.45) is 0. The molecule has 0 amide bonds. The summed E-state index contributed by atoms with van der Waals surface area (Å²) in [7, 11) is 0. The molecular formula is C52H42BN5. The zero-order chi connectivity index (χ0) is 40.1. The number of fused-ring (bicyclic) bond motifs is 7. The molecular weight excluding hydrogens is 705 g/mol. The topological polar surface area (TPSA) is 59.0 Å². The van der Waals surface area contributed by atoms with Crippen LogP contribution in [0.25, 0.3) is 27.5 Å². The monoisotopic (exact) mass is 747 g/mol. The third kappa shape index (κ3) is 5.37. The summed E-state index contributed by atoms with van der Waals surface area (Å²) >= 11 is 0. The Morgan fingerprint density at radius 1 is 0.448 bits per heavy atom. The molecule has 10 rings (SSSR count). The van der Waals surface area contributed by atoms with E-state index in [4.69, 9.17) is 0 Å². The molecule has 5 nitrogen and oxygen atoms in total. The van der Waals surface area contributed by atoms with E-state index in [0.29, 0.717) is 11.1 Å². The van der Waals surface area contributed by atoms with Crippen LogP contribution in [0.15, 0.2) is 146 Å². The third-order valence-electron chi connectivity index (χ3n) is 12.1. The van der Waals surface area contributed by atoms with Gasteiger partial charge in [-0.2, -0.15) is 10.5 Å². The van der Waals surface area contributed by atoms with Gasteiger partial charge in [0.05, 0.1) is 40.0 Å². The standard InChI is InChI=1S/C52H42BN5/c1-51(2,3)35-19-21-40-41-22-20-36(52(4,5)6)28-47(41)58(46(40)27-35)39-29-48-50-49(30-39)57(38-15-11-8-12-16-38)45-24-18-34(32-55)26-43(45)53(50)42-25-33(31-54)17-23-44(42)56(48)37-13-9-7-10-14-37/h7-30H,1-6H3. The highest BCUT2D eigenvalue weighted by Crippen LogP contribution is 2.47. The number of hydrogen-bond acceptors (Lipinski definition) is 4. The molecule has 3 heterocycles. The van der Waals surface area contributed by atoms with Gasteiger partial charge in [0.25, 0.3) is 6.71 Å². The van der Waals surface area contributed by atoms with E-state index in [1.54, 1.807) is 0 Å². The lowest BCUT2D eigenvalue weighted by Gasteiger charge is -2.44. The van der Waals surface area contributed by atoms with Crippen molar-refractivity contribution in [2.45, 2.75) is 52.4 Å². The fraction of sp³-hybridized carbons (Fsp3) is 0.154. The SMILES string of the molecule is CC(C)(C)c1ccc2c3ccc(C(C)(C)C)cc3n(-c3cc4c5c(c3)N(c3ccccc3)c3ccc(C#N)cc3B5c3cc(C#N)ccc3N4c3ccccc3)c2c1. The van der Waals surface area contributed by atoms with Gasteiger partial charge in [0.2, 0.25) is 0 Å². The van der Waals surface area contributed by atoms with Crippen molar-refractivity contribution in [2.24, 2.45) is 0 Å². The van der Waals surface area contributed by atoms with E-state index >= 15 is 0 Å². The van der Waals surface area contributed by atoms with Crippen LogP contribution in [-0.2, 0) is 10.8 Å². The number of hydrogen-bond donors (Lipinski definition) is 0. The van der Waals surface area contributed by atoms with Crippen LogP contribution in [0.5, 0.6) is 0 Å². The van der Waals surface area contributed by atoms with E-state index in [2.05, 4.69) is 189 Å². The molecule has 2 aliphatic rings. The van der Waals surface area contributed by atoms with Gasteiger partial charge >= 0.3 is 0 Å². The summed E-state index contributed by atoms with van der Waals surface area (Å²) in [5, 5.41) is 22.9. The van der Waals surface area contributed by atoms with E-state index in [1.807, 2.05) is 24.3 Å². The van der Waals surface area contributed by atoms with E-state index in [-0.39, 0.29) is 17.5 Å². The van der Waals surface area contributed by atoms with E-state index in [0.717, 1.165) is 56.2 Å². The highest BCUT2D eigenvalue weighted by atomic mass is 15.2. The van der Waals surface area contributed by atoms with Crippen molar-refractivity contribution in [3.8, 4) is 17.8 Å². The van der Waals surface area contributed by atoms with Crippen LogP contribution in [0.4, 0.5) is 34.1 Å². The van der Waals surface area contributed by atoms with Crippen molar-refractivity contribution >= 4 is 79.0 Å². The number of anilines is 6. The van der Waals surface area contributed by atoms with Gasteiger partial charge in [-0.15, -0.1) is 0 Å². The Hall–Kier alpha value is -7.02. The third-order valence-corrected chi connectivity index (χ3v) is 12.1. The molecule has 6 heteroatoms. The van der Waals surface area contributed by atoms with Crippen molar-refractivity contribution in [1.29, 1.82) is 10.5 Å². The van der Waals surface area contributed by atoms with Gasteiger partial charge in [-0.1, -0.05) is 102 Å². The number of nitriles is 2. The summed E-state index contributed by atoms with van der Waals surface area (Å²) in [6, 6.07) is 56.8. The maximum absolute atomic E-state index is 10.2. The maximum atomic E-state index is 10.2. The van der Waals surface area contributed by atoms with Gasteiger partial charge in [-0.05, 0) is 123 Å². The Morgan fingerprint density at radius 3 is 1.28 bits per heavy atom. The summed E-state index contributed by atoms with van der Waals surface area (Å²) in [5.41, 5.74) is 16.5. The number of nitrogens with zero attached hydrogens (tertiary/aromatic N) is 5. The Labute approximate surface area is 340 Å². The molecule has 0 spiro atoms. The largest absolute Gasteiger partial charge is 0.311 e. The Balaban J connectivity index is 1.39. The normalized spacial score (nSPS) is 13.2. The molecule has 0 saturated heterocycles. The lowest BCUT2D eigenvalue weighted by molar-refractivity contribution is 0.591. The zero-order valence-corrected chi connectivity index (χ0v) is 33.7. The van der Waals surface area contributed by atoms with Crippen molar-refractivity contribution in [3.05, 3.63) is 168 Å². The summed E-state index contributed by atoms with van der Waals surface area (Å²) in [5.74, 6) is 0. The van der Waals surface area contributed by atoms with Gasteiger partial charge in [0.15, 0.2) is 0 Å². The first kappa shape index (κ1) is 35.4. The predicted octanol–water partition coefficient (Wildman–Crippen LogP) is 11.2. The average molecular weight is 748 g/mol. The van der Waals surface area contributed by atoms with Gasteiger partial charge < -0.3 is 14.4 Å². The van der Waals surface area contributed by atoms with Crippen molar-refractivity contribution in [3.63, 3.8) is 0 Å². The second-order valence-corrected chi connectivity index (χ2v) is 17.7. The van der Waals surface area contributed by atoms with Crippen LogP contribution in [0.3, 0.4) is 0 Å². The van der Waals surface area contributed by atoms with Gasteiger partial charge in [-0.25, -0.2) is 0 Å². The number of para-hydroxylation sites is 2. The van der Waals surface area contributed by atoms with Crippen LogP contribution in [-0.4, -0.2) is 11.3 Å². The first-order valence-corrected chi connectivity index (χ1v) is 20.0. The molecule has 2 aliphatic heterocycles. The minimum Gasteiger partial charge on any atom is -0.311 e. The molecule has 58 heavy (non-hydrogen) atoms.